The molecule has 0 spiro atoms. The summed E-state index contributed by atoms with van der Waals surface area (Å²) in [5.74, 6) is 0.228. The van der Waals surface area contributed by atoms with Gasteiger partial charge >= 0.3 is 0 Å². The van der Waals surface area contributed by atoms with Crippen molar-refractivity contribution in [2.45, 2.75) is 58.6 Å². The molecule has 0 N–H and O–H groups in total. The maximum Gasteiger partial charge on any atom is 0.244 e. The Morgan fingerprint density at radius 2 is 2.00 bits per heavy atom. The molecule has 1 amide bonds. The molecule has 4 rings (SSSR count). The molecule has 2 aromatic rings. The van der Waals surface area contributed by atoms with E-state index in [4.69, 9.17) is 4.74 Å². The first kappa shape index (κ1) is 19.6. The molecule has 1 saturated heterocycles. The van der Waals surface area contributed by atoms with Crippen molar-refractivity contribution in [1.82, 2.24) is 14.7 Å². The first-order chi connectivity index (χ1) is 13.9. The number of nitrogens with zero attached hydrogens (tertiary/aromatic N) is 3. The summed E-state index contributed by atoms with van der Waals surface area (Å²) in [5, 5.41) is 4.41. The van der Waals surface area contributed by atoms with Gasteiger partial charge in [0.25, 0.3) is 0 Å². The van der Waals surface area contributed by atoms with Crippen molar-refractivity contribution in [3.05, 3.63) is 46.5 Å². The van der Waals surface area contributed by atoms with Crippen molar-refractivity contribution in [3.63, 3.8) is 0 Å². The molecule has 6 nitrogen and oxygen atoms in total. The van der Waals surface area contributed by atoms with Gasteiger partial charge in [-0.05, 0) is 37.8 Å². The van der Waals surface area contributed by atoms with Crippen molar-refractivity contribution in [3.8, 4) is 5.75 Å². The minimum absolute atomic E-state index is 0.0117. The molecule has 0 bridgehead atoms. The zero-order valence-corrected chi connectivity index (χ0v) is 16.9. The van der Waals surface area contributed by atoms with Crippen molar-refractivity contribution >= 4 is 11.7 Å². The number of rotatable bonds is 5. The Labute approximate surface area is 169 Å². The van der Waals surface area contributed by atoms with Gasteiger partial charge in [-0.25, -0.2) is 4.39 Å². The van der Waals surface area contributed by atoms with Gasteiger partial charge in [-0.2, -0.15) is 5.10 Å². The highest BCUT2D eigenvalue weighted by Crippen LogP contribution is 2.27. The number of amides is 1. The topological polar surface area (TPSA) is 64.4 Å². The largest absolute Gasteiger partial charge is 0.490 e. The van der Waals surface area contributed by atoms with E-state index in [9.17, 15) is 14.0 Å². The summed E-state index contributed by atoms with van der Waals surface area (Å²) in [7, 11) is 0. The molecule has 0 saturated carbocycles. The number of benzene rings is 1. The Morgan fingerprint density at radius 3 is 2.72 bits per heavy atom. The number of hydrogen-bond acceptors (Lipinski definition) is 4. The van der Waals surface area contributed by atoms with Crippen molar-refractivity contribution in [2.24, 2.45) is 0 Å². The number of carbonyl (C=O) groups excluding carboxylic acids is 2. The zero-order chi connectivity index (χ0) is 20.5. The van der Waals surface area contributed by atoms with E-state index >= 15 is 0 Å². The van der Waals surface area contributed by atoms with E-state index in [0.29, 0.717) is 37.4 Å². The SMILES string of the molecule is CC(=O)c1nn(CC(=O)N2CCC(Oc3cc(F)ccc3C)CC2)c2c1CCC2. The Balaban J connectivity index is 1.36. The van der Waals surface area contributed by atoms with Crippen LogP contribution in [0.1, 0.15) is 53.5 Å². The van der Waals surface area contributed by atoms with E-state index in [0.717, 1.165) is 36.1 Å². The maximum absolute atomic E-state index is 13.5. The predicted octanol–water partition coefficient (Wildman–Crippen LogP) is 3.09. The van der Waals surface area contributed by atoms with Gasteiger partial charge in [0.05, 0.1) is 0 Å². The lowest BCUT2D eigenvalue weighted by atomic mass is 10.1. The molecule has 0 unspecified atom stereocenters. The van der Waals surface area contributed by atoms with Crippen molar-refractivity contribution < 1.29 is 18.7 Å². The predicted molar refractivity (Wildman–Crippen MR) is 106 cm³/mol. The molecular weight excluding hydrogens is 373 g/mol. The van der Waals surface area contributed by atoms with Crippen LogP contribution in [0.15, 0.2) is 18.2 Å². The van der Waals surface area contributed by atoms with Gasteiger partial charge in [-0.15, -0.1) is 0 Å². The van der Waals surface area contributed by atoms with E-state index in [1.807, 2.05) is 11.8 Å². The maximum atomic E-state index is 13.5. The highest BCUT2D eigenvalue weighted by atomic mass is 19.1. The fourth-order valence-corrected chi connectivity index (χ4v) is 4.25. The molecule has 7 heteroatoms. The zero-order valence-electron chi connectivity index (χ0n) is 16.9. The quantitative estimate of drug-likeness (QED) is 0.725. The summed E-state index contributed by atoms with van der Waals surface area (Å²) in [4.78, 5) is 26.5. The van der Waals surface area contributed by atoms with E-state index in [2.05, 4.69) is 5.10 Å². The third-order valence-corrected chi connectivity index (χ3v) is 5.86. The van der Waals surface area contributed by atoms with Crippen LogP contribution in [0.2, 0.25) is 0 Å². The number of aryl methyl sites for hydroxylation is 1. The second-order valence-electron chi connectivity index (χ2n) is 7.95. The monoisotopic (exact) mass is 399 g/mol. The van der Waals surface area contributed by atoms with Gasteiger partial charge in [0.2, 0.25) is 5.91 Å². The number of hydrogen-bond donors (Lipinski definition) is 0. The number of piperidine rings is 1. The number of halogens is 1. The van der Waals surface area contributed by atoms with Crippen molar-refractivity contribution in [2.75, 3.05) is 13.1 Å². The van der Waals surface area contributed by atoms with Crippen LogP contribution in [0, 0.1) is 12.7 Å². The van der Waals surface area contributed by atoms with E-state index in [-0.39, 0.29) is 30.2 Å². The molecule has 1 aliphatic carbocycles. The summed E-state index contributed by atoms with van der Waals surface area (Å²) >= 11 is 0. The third-order valence-electron chi connectivity index (χ3n) is 5.86. The first-order valence-corrected chi connectivity index (χ1v) is 10.2. The summed E-state index contributed by atoms with van der Waals surface area (Å²) in [6.45, 7) is 4.79. The molecule has 1 fully saturated rings. The summed E-state index contributed by atoms with van der Waals surface area (Å²) in [6, 6.07) is 4.55. The number of aromatic nitrogens is 2. The molecule has 0 radical (unpaired) electrons. The molecule has 0 atom stereocenters. The molecule has 1 aliphatic heterocycles. The highest BCUT2D eigenvalue weighted by Gasteiger charge is 2.28. The van der Waals surface area contributed by atoms with Crippen molar-refractivity contribution in [1.29, 1.82) is 0 Å². The van der Waals surface area contributed by atoms with Crippen LogP contribution in [0.4, 0.5) is 4.39 Å². The molecule has 29 heavy (non-hydrogen) atoms. The lowest BCUT2D eigenvalue weighted by molar-refractivity contribution is -0.133. The first-order valence-electron chi connectivity index (χ1n) is 10.2. The lowest BCUT2D eigenvalue weighted by Crippen LogP contribution is -2.43. The smallest absolute Gasteiger partial charge is 0.244 e. The second kappa shape index (κ2) is 7.97. The molecule has 154 valence electrons. The minimum Gasteiger partial charge on any atom is -0.490 e. The summed E-state index contributed by atoms with van der Waals surface area (Å²) in [5.41, 5.74) is 3.47. The van der Waals surface area contributed by atoms with Gasteiger partial charge in [-0.1, -0.05) is 6.07 Å². The number of ether oxygens (including phenoxy) is 1. The van der Waals surface area contributed by atoms with Gasteiger partial charge in [0.15, 0.2) is 5.78 Å². The van der Waals surface area contributed by atoms with Crippen LogP contribution < -0.4 is 4.74 Å². The normalized spacial score (nSPS) is 16.7. The molecule has 1 aromatic carbocycles. The standard InChI is InChI=1S/C22H26FN3O3/c1-14-6-7-16(23)12-20(14)29-17-8-10-25(11-9-17)21(28)13-26-19-5-3-4-18(19)22(24-26)15(2)27/h6-7,12,17H,3-5,8-11,13H2,1-2H3. The average molecular weight is 399 g/mol. The van der Waals surface area contributed by atoms with E-state index in [1.54, 1.807) is 10.7 Å². The second-order valence-corrected chi connectivity index (χ2v) is 7.95. The van der Waals surface area contributed by atoms with E-state index in [1.165, 1.54) is 19.1 Å². The molecule has 1 aromatic heterocycles. The van der Waals surface area contributed by atoms with Crippen LogP contribution in [0.5, 0.6) is 5.75 Å². The Bertz CT molecular complexity index is 945. The average Bonchev–Trinajstić information content (AvgIpc) is 3.29. The fourth-order valence-electron chi connectivity index (χ4n) is 4.25. The number of ketones is 1. The van der Waals surface area contributed by atoms with Crippen LogP contribution >= 0.6 is 0 Å². The van der Waals surface area contributed by atoms with Gasteiger partial charge < -0.3 is 9.64 Å². The minimum atomic E-state index is -0.310. The molecule has 2 aliphatic rings. The van der Waals surface area contributed by atoms with Crippen LogP contribution in [-0.4, -0.2) is 45.6 Å². The molecular formula is C22H26FN3O3. The van der Waals surface area contributed by atoms with Crippen LogP contribution in [0.25, 0.3) is 0 Å². The summed E-state index contributed by atoms with van der Waals surface area (Å²) < 4.78 is 21.2. The number of likely N-dealkylation sites (tertiary alicyclic amines) is 1. The number of Topliss-reactive ketones (excluding diaryl/α,β-unsaturated/α-hetero) is 1. The third kappa shape index (κ3) is 4.04. The van der Waals surface area contributed by atoms with Crippen LogP contribution in [-0.2, 0) is 24.2 Å². The Morgan fingerprint density at radius 1 is 1.24 bits per heavy atom. The fraction of sp³-hybridized carbons (Fsp3) is 0.500. The van der Waals surface area contributed by atoms with Gasteiger partial charge in [-0.3, -0.25) is 14.3 Å². The van der Waals surface area contributed by atoms with Gasteiger partial charge in [0, 0.05) is 50.2 Å². The molecule has 2 heterocycles. The lowest BCUT2D eigenvalue weighted by Gasteiger charge is -2.32. The van der Waals surface area contributed by atoms with Crippen LogP contribution in [0.3, 0.4) is 0 Å². The Kier molecular flexibility index (Phi) is 5.39. The van der Waals surface area contributed by atoms with Gasteiger partial charge in [0.1, 0.15) is 29.9 Å². The Hall–Kier alpha value is -2.70. The summed E-state index contributed by atoms with van der Waals surface area (Å²) in [6.07, 6.45) is 4.11. The van der Waals surface area contributed by atoms with E-state index < -0.39 is 0 Å². The highest BCUT2D eigenvalue weighted by molar-refractivity contribution is 5.94. The number of fused-ring (bicyclic) bond motifs is 1. The number of carbonyl (C=O) groups is 2.